The van der Waals surface area contributed by atoms with Gasteiger partial charge in [-0.05, 0) is 49.6 Å². The standard InChI is InChI=1S/C25H29N3O3/c1-17-7-5-6-8-21(17)14-22-24(25(30)27-18(2)16-31-4)23(29)13-19(3)28(22)15-20-9-11-26-12-10-20/h5-13,18H,14-16H2,1-4H3,(H,27,30)/t18-/m1/s1. The average molecular weight is 420 g/mol. The molecular formula is C25H29N3O3. The van der Waals surface area contributed by atoms with E-state index >= 15 is 0 Å². The molecule has 6 heteroatoms. The predicted octanol–water partition coefficient (Wildman–Crippen LogP) is 3.26. The van der Waals surface area contributed by atoms with Gasteiger partial charge < -0.3 is 14.6 Å². The van der Waals surface area contributed by atoms with Crippen molar-refractivity contribution in [2.75, 3.05) is 13.7 Å². The normalized spacial score (nSPS) is 11.9. The number of aryl methyl sites for hydroxylation is 2. The molecule has 0 aliphatic rings. The molecule has 1 aromatic carbocycles. The van der Waals surface area contributed by atoms with Gasteiger partial charge in [-0.15, -0.1) is 0 Å². The lowest BCUT2D eigenvalue weighted by atomic mass is 9.99. The molecule has 162 valence electrons. The first kappa shape index (κ1) is 22.4. The third kappa shape index (κ3) is 5.47. The number of ether oxygens (including phenoxy) is 1. The minimum atomic E-state index is -0.374. The van der Waals surface area contributed by atoms with Crippen LogP contribution in [0, 0.1) is 13.8 Å². The molecule has 1 amide bonds. The highest BCUT2D eigenvalue weighted by molar-refractivity contribution is 5.95. The number of rotatable bonds is 8. The van der Waals surface area contributed by atoms with E-state index < -0.39 is 0 Å². The number of pyridine rings is 2. The van der Waals surface area contributed by atoms with Gasteiger partial charge in [-0.25, -0.2) is 0 Å². The van der Waals surface area contributed by atoms with Crippen molar-refractivity contribution in [3.8, 4) is 0 Å². The molecule has 0 aliphatic carbocycles. The monoisotopic (exact) mass is 419 g/mol. The molecule has 3 aromatic rings. The van der Waals surface area contributed by atoms with Crippen molar-refractivity contribution < 1.29 is 9.53 Å². The first-order valence-corrected chi connectivity index (χ1v) is 10.4. The molecule has 1 N–H and O–H groups in total. The summed E-state index contributed by atoms with van der Waals surface area (Å²) in [6.07, 6.45) is 3.97. The van der Waals surface area contributed by atoms with E-state index in [9.17, 15) is 9.59 Å². The second kappa shape index (κ2) is 10.2. The van der Waals surface area contributed by atoms with E-state index in [1.807, 2.05) is 57.2 Å². The van der Waals surface area contributed by atoms with Gasteiger partial charge in [0.15, 0.2) is 5.43 Å². The summed E-state index contributed by atoms with van der Waals surface area (Å²) in [6, 6.07) is 13.2. The van der Waals surface area contributed by atoms with Crippen LogP contribution in [0.3, 0.4) is 0 Å². The van der Waals surface area contributed by atoms with Crippen LogP contribution in [0.25, 0.3) is 0 Å². The van der Waals surface area contributed by atoms with Crippen molar-refractivity contribution in [2.24, 2.45) is 0 Å². The van der Waals surface area contributed by atoms with E-state index in [1.165, 1.54) is 0 Å². The number of carbonyl (C=O) groups is 1. The molecule has 31 heavy (non-hydrogen) atoms. The number of nitrogens with one attached hydrogen (secondary N) is 1. The molecule has 6 nitrogen and oxygen atoms in total. The zero-order valence-corrected chi connectivity index (χ0v) is 18.5. The number of carbonyl (C=O) groups excluding carboxylic acids is 1. The van der Waals surface area contributed by atoms with Gasteiger partial charge in [-0.3, -0.25) is 14.6 Å². The van der Waals surface area contributed by atoms with E-state index in [0.717, 1.165) is 22.4 Å². The van der Waals surface area contributed by atoms with Crippen LogP contribution < -0.4 is 10.7 Å². The van der Waals surface area contributed by atoms with E-state index in [4.69, 9.17) is 4.74 Å². The molecule has 0 bridgehead atoms. The molecule has 1 atom stereocenters. The van der Waals surface area contributed by atoms with Crippen LogP contribution in [0.1, 0.15) is 45.4 Å². The maximum absolute atomic E-state index is 13.2. The Balaban J connectivity index is 2.14. The highest BCUT2D eigenvalue weighted by Crippen LogP contribution is 2.19. The molecule has 0 spiro atoms. The van der Waals surface area contributed by atoms with E-state index in [2.05, 4.69) is 14.9 Å². The number of nitrogens with zero attached hydrogens (tertiary/aromatic N) is 2. The number of hydrogen-bond acceptors (Lipinski definition) is 4. The van der Waals surface area contributed by atoms with Gasteiger partial charge in [-0.2, -0.15) is 0 Å². The van der Waals surface area contributed by atoms with Gasteiger partial charge in [-0.1, -0.05) is 24.3 Å². The number of methoxy groups -OCH3 is 1. The van der Waals surface area contributed by atoms with Crippen LogP contribution in [-0.2, 0) is 17.7 Å². The fraction of sp³-hybridized carbons (Fsp3) is 0.320. The smallest absolute Gasteiger partial charge is 0.257 e. The molecule has 0 aliphatic heterocycles. The number of hydrogen-bond donors (Lipinski definition) is 1. The van der Waals surface area contributed by atoms with Gasteiger partial charge >= 0.3 is 0 Å². The summed E-state index contributed by atoms with van der Waals surface area (Å²) in [5, 5.41) is 2.90. The van der Waals surface area contributed by atoms with Gasteiger partial charge in [0.05, 0.1) is 6.61 Å². The van der Waals surface area contributed by atoms with E-state index in [-0.39, 0.29) is 22.9 Å². The summed E-state index contributed by atoms with van der Waals surface area (Å²) in [4.78, 5) is 30.3. The minimum absolute atomic E-state index is 0.186. The molecule has 0 fully saturated rings. The van der Waals surface area contributed by atoms with Crippen LogP contribution in [0.5, 0.6) is 0 Å². The highest BCUT2D eigenvalue weighted by Gasteiger charge is 2.22. The predicted molar refractivity (Wildman–Crippen MR) is 122 cm³/mol. The van der Waals surface area contributed by atoms with Crippen LogP contribution >= 0.6 is 0 Å². The Morgan fingerprint density at radius 2 is 1.87 bits per heavy atom. The summed E-state index contributed by atoms with van der Waals surface area (Å²) in [7, 11) is 1.58. The van der Waals surface area contributed by atoms with Gasteiger partial charge in [0.25, 0.3) is 5.91 Å². The topological polar surface area (TPSA) is 73.2 Å². The third-order valence-corrected chi connectivity index (χ3v) is 5.36. The quantitative estimate of drug-likeness (QED) is 0.608. The Morgan fingerprint density at radius 1 is 1.16 bits per heavy atom. The minimum Gasteiger partial charge on any atom is -0.383 e. The van der Waals surface area contributed by atoms with Crippen molar-refractivity contribution in [3.63, 3.8) is 0 Å². The fourth-order valence-electron chi connectivity index (χ4n) is 3.72. The molecular weight excluding hydrogens is 390 g/mol. The van der Waals surface area contributed by atoms with Crippen molar-refractivity contribution in [3.05, 3.63) is 98.7 Å². The van der Waals surface area contributed by atoms with E-state index in [0.29, 0.717) is 25.3 Å². The second-order valence-corrected chi connectivity index (χ2v) is 7.85. The second-order valence-electron chi connectivity index (χ2n) is 7.85. The summed E-state index contributed by atoms with van der Waals surface area (Å²) >= 11 is 0. The number of amides is 1. The summed E-state index contributed by atoms with van der Waals surface area (Å²) in [5.74, 6) is -0.374. The van der Waals surface area contributed by atoms with Gasteiger partial charge in [0, 0.05) is 56.0 Å². The SMILES string of the molecule is COC[C@@H](C)NC(=O)c1c(Cc2ccccc2C)n(Cc2ccncc2)c(C)cc1=O. The summed E-state index contributed by atoms with van der Waals surface area (Å²) < 4.78 is 7.18. The van der Waals surface area contributed by atoms with E-state index in [1.54, 1.807) is 25.6 Å². The van der Waals surface area contributed by atoms with Gasteiger partial charge in [0.2, 0.25) is 0 Å². The maximum atomic E-state index is 13.2. The van der Waals surface area contributed by atoms with Gasteiger partial charge in [0.1, 0.15) is 5.56 Å². The Morgan fingerprint density at radius 3 is 2.55 bits per heavy atom. The molecule has 0 unspecified atom stereocenters. The van der Waals surface area contributed by atoms with Crippen LogP contribution in [-0.4, -0.2) is 35.2 Å². The van der Waals surface area contributed by atoms with Crippen molar-refractivity contribution in [1.29, 1.82) is 0 Å². The molecule has 3 rings (SSSR count). The number of benzene rings is 1. The Labute approximate surface area is 182 Å². The van der Waals surface area contributed by atoms with Crippen molar-refractivity contribution in [1.82, 2.24) is 14.9 Å². The van der Waals surface area contributed by atoms with Crippen LogP contribution in [0.15, 0.2) is 59.7 Å². The lowest BCUT2D eigenvalue weighted by molar-refractivity contribution is 0.0902. The Bertz CT molecular complexity index is 1110. The highest BCUT2D eigenvalue weighted by atomic mass is 16.5. The number of aromatic nitrogens is 2. The zero-order chi connectivity index (χ0) is 22.4. The summed E-state index contributed by atoms with van der Waals surface area (Å²) in [5.41, 5.74) is 4.68. The van der Waals surface area contributed by atoms with Crippen LogP contribution in [0.2, 0.25) is 0 Å². The zero-order valence-electron chi connectivity index (χ0n) is 18.5. The van der Waals surface area contributed by atoms with Crippen LogP contribution in [0.4, 0.5) is 0 Å². The summed E-state index contributed by atoms with van der Waals surface area (Å²) in [6.45, 7) is 6.71. The molecule has 0 saturated carbocycles. The lowest BCUT2D eigenvalue weighted by Crippen LogP contribution is -2.39. The molecule has 2 aromatic heterocycles. The largest absolute Gasteiger partial charge is 0.383 e. The fourth-order valence-corrected chi connectivity index (χ4v) is 3.72. The Kier molecular flexibility index (Phi) is 7.36. The van der Waals surface area contributed by atoms with Crippen molar-refractivity contribution >= 4 is 5.91 Å². The maximum Gasteiger partial charge on any atom is 0.257 e. The molecule has 0 radical (unpaired) electrons. The first-order chi connectivity index (χ1) is 14.9. The van der Waals surface area contributed by atoms with Crippen molar-refractivity contribution in [2.45, 2.75) is 39.8 Å². The Hall–Kier alpha value is -3.25. The molecule has 2 heterocycles. The first-order valence-electron chi connectivity index (χ1n) is 10.4. The molecule has 0 saturated heterocycles. The lowest BCUT2D eigenvalue weighted by Gasteiger charge is -2.22. The average Bonchev–Trinajstić information content (AvgIpc) is 2.73. The third-order valence-electron chi connectivity index (χ3n) is 5.36.